The van der Waals surface area contributed by atoms with E-state index in [0.717, 1.165) is 32.5 Å². The molecule has 2 fully saturated rings. The van der Waals surface area contributed by atoms with Crippen molar-refractivity contribution in [2.75, 3.05) is 39.8 Å². The summed E-state index contributed by atoms with van der Waals surface area (Å²) in [7, 11) is -1.46. The Morgan fingerprint density at radius 1 is 1.21 bits per heavy atom. The summed E-state index contributed by atoms with van der Waals surface area (Å²) in [5.74, 6) is 0. The molecule has 0 aliphatic carbocycles. The highest BCUT2D eigenvalue weighted by Crippen LogP contribution is 2.32. The zero-order valence-electron chi connectivity index (χ0n) is 13.8. The average molecular weight is 350 g/mol. The summed E-state index contributed by atoms with van der Waals surface area (Å²) in [6.45, 7) is 3.49. The first-order valence-electron chi connectivity index (χ1n) is 8.25. The van der Waals surface area contributed by atoms with Crippen molar-refractivity contribution in [1.82, 2.24) is 18.6 Å². The molecule has 2 aliphatic rings. The van der Waals surface area contributed by atoms with Gasteiger partial charge in [0.25, 0.3) is 10.0 Å². The lowest BCUT2D eigenvalue weighted by Gasteiger charge is -2.46. The quantitative estimate of drug-likeness (QED) is 0.802. The van der Waals surface area contributed by atoms with Crippen LogP contribution in [0.15, 0.2) is 35.6 Å². The Kier molecular flexibility index (Phi) is 3.87. The number of fused-ring (bicyclic) bond motifs is 1. The Balaban J connectivity index is 1.56. The van der Waals surface area contributed by atoms with Crippen molar-refractivity contribution in [2.24, 2.45) is 0 Å². The lowest BCUT2D eigenvalue weighted by molar-refractivity contribution is -0.124. The van der Waals surface area contributed by atoms with Gasteiger partial charge in [-0.05, 0) is 32.0 Å². The van der Waals surface area contributed by atoms with Crippen LogP contribution in [0.2, 0.25) is 0 Å². The van der Waals surface area contributed by atoms with Crippen LogP contribution in [-0.2, 0) is 14.8 Å². The Hall–Kier alpha value is -1.48. The summed E-state index contributed by atoms with van der Waals surface area (Å²) in [5.41, 5.74) is 0.445. The minimum absolute atomic E-state index is 0.196. The van der Waals surface area contributed by atoms with Crippen molar-refractivity contribution in [3.8, 4) is 0 Å². The van der Waals surface area contributed by atoms with Gasteiger partial charge in [0.05, 0.1) is 18.4 Å². The van der Waals surface area contributed by atoms with Crippen molar-refractivity contribution in [2.45, 2.75) is 23.5 Å². The molecule has 1 spiro atoms. The first-order valence-corrected chi connectivity index (χ1v) is 9.69. The lowest BCUT2D eigenvalue weighted by atomic mass is 9.90. The van der Waals surface area contributed by atoms with E-state index in [1.165, 1.54) is 6.20 Å². The molecule has 0 aromatic carbocycles. The Morgan fingerprint density at radius 2 is 2.00 bits per heavy atom. The number of hydrogen-bond donors (Lipinski definition) is 0. The van der Waals surface area contributed by atoms with E-state index in [1.807, 2.05) is 12.1 Å². The van der Waals surface area contributed by atoms with Gasteiger partial charge >= 0.3 is 0 Å². The van der Waals surface area contributed by atoms with Crippen LogP contribution in [0, 0.1) is 0 Å². The average Bonchev–Trinajstić information content (AvgIpc) is 3.00. The number of pyridine rings is 1. The maximum absolute atomic E-state index is 13.0. The minimum Gasteiger partial charge on any atom is -0.372 e. The van der Waals surface area contributed by atoms with Crippen LogP contribution in [0.25, 0.3) is 5.65 Å². The molecule has 130 valence electrons. The second-order valence-corrected chi connectivity index (χ2v) is 8.58. The van der Waals surface area contributed by atoms with E-state index in [0.29, 0.717) is 18.7 Å². The van der Waals surface area contributed by atoms with E-state index in [-0.39, 0.29) is 10.6 Å². The predicted octanol–water partition coefficient (Wildman–Crippen LogP) is 0.820. The monoisotopic (exact) mass is 350 g/mol. The second-order valence-electron chi connectivity index (χ2n) is 6.70. The molecule has 4 heterocycles. The molecule has 2 aromatic rings. The van der Waals surface area contributed by atoms with Gasteiger partial charge in [-0.25, -0.2) is 13.4 Å². The highest BCUT2D eigenvalue weighted by molar-refractivity contribution is 7.89. The molecule has 0 saturated carbocycles. The summed E-state index contributed by atoms with van der Waals surface area (Å²) in [5, 5.41) is 0.232. The van der Waals surface area contributed by atoms with E-state index in [2.05, 4.69) is 16.9 Å². The van der Waals surface area contributed by atoms with Crippen LogP contribution < -0.4 is 0 Å². The van der Waals surface area contributed by atoms with E-state index < -0.39 is 10.0 Å². The number of sulfonamides is 1. The first kappa shape index (κ1) is 16.0. The van der Waals surface area contributed by atoms with Gasteiger partial charge in [0, 0.05) is 32.4 Å². The Labute approximate surface area is 141 Å². The van der Waals surface area contributed by atoms with Gasteiger partial charge in [0.2, 0.25) is 0 Å². The van der Waals surface area contributed by atoms with Gasteiger partial charge < -0.3 is 9.64 Å². The third-order valence-corrected chi connectivity index (χ3v) is 6.94. The maximum Gasteiger partial charge on any atom is 0.260 e. The van der Waals surface area contributed by atoms with Crippen LogP contribution in [0.3, 0.4) is 0 Å². The molecule has 0 amide bonds. The highest BCUT2D eigenvalue weighted by atomic mass is 32.2. The normalized spacial score (nSPS) is 23.0. The molecule has 7 nitrogen and oxygen atoms in total. The zero-order chi connectivity index (χ0) is 16.8. The number of morpholine rings is 1. The van der Waals surface area contributed by atoms with Crippen LogP contribution in [0.5, 0.6) is 0 Å². The molecular weight excluding hydrogens is 328 g/mol. The molecular formula is C16H22N4O3S. The van der Waals surface area contributed by atoms with Crippen LogP contribution in [-0.4, -0.2) is 72.4 Å². The summed E-state index contributed by atoms with van der Waals surface area (Å²) in [6, 6.07) is 5.46. The van der Waals surface area contributed by atoms with Gasteiger partial charge in [-0.1, -0.05) is 6.07 Å². The molecule has 0 unspecified atom stereocenters. The van der Waals surface area contributed by atoms with Crippen molar-refractivity contribution in [3.05, 3.63) is 30.6 Å². The molecule has 8 heteroatoms. The summed E-state index contributed by atoms with van der Waals surface area (Å²) < 4.78 is 35.2. The molecule has 0 atom stereocenters. The van der Waals surface area contributed by atoms with Crippen LogP contribution in [0.4, 0.5) is 0 Å². The Bertz CT molecular complexity index is 840. The molecule has 0 radical (unpaired) electrons. The fourth-order valence-corrected chi connectivity index (χ4v) is 5.22. The number of imidazole rings is 1. The molecule has 24 heavy (non-hydrogen) atoms. The molecule has 2 saturated heterocycles. The number of likely N-dealkylation sites (N-methyl/N-ethyl adjacent to an activating group) is 1. The number of piperidine rings is 1. The van der Waals surface area contributed by atoms with Crippen molar-refractivity contribution >= 4 is 15.7 Å². The minimum atomic E-state index is -3.55. The SMILES string of the molecule is CN1CCOC2(CCN(S(=O)(=O)c3cnc4ccccn34)CC2)C1. The van der Waals surface area contributed by atoms with Gasteiger partial charge in [-0.15, -0.1) is 0 Å². The number of nitrogens with zero attached hydrogens (tertiary/aromatic N) is 4. The third-order valence-electron chi connectivity index (χ3n) is 5.06. The van der Waals surface area contributed by atoms with Gasteiger partial charge in [0.1, 0.15) is 5.65 Å². The molecule has 4 rings (SSSR count). The van der Waals surface area contributed by atoms with E-state index >= 15 is 0 Å². The van der Waals surface area contributed by atoms with Gasteiger partial charge in [0.15, 0.2) is 5.03 Å². The third kappa shape index (κ3) is 2.63. The number of hydrogen-bond acceptors (Lipinski definition) is 5. The number of aromatic nitrogens is 2. The highest BCUT2D eigenvalue weighted by Gasteiger charge is 2.42. The summed E-state index contributed by atoms with van der Waals surface area (Å²) >= 11 is 0. The number of rotatable bonds is 2. The summed E-state index contributed by atoms with van der Waals surface area (Å²) in [6.07, 6.45) is 4.64. The van der Waals surface area contributed by atoms with E-state index in [1.54, 1.807) is 21.0 Å². The summed E-state index contributed by atoms with van der Waals surface area (Å²) in [4.78, 5) is 6.46. The largest absolute Gasteiger partial charge is 0.372 e. The van der Waals surface area contributed by atoms with Crippen LogP contribution in [0.1, 0.15) is 12.8 Å². The smallest absolute Gasteiger partial charge is 0.260 e. The number of ether oxygens (including phenoxy) is 1. The standard InChI is InChI=1S/C16H22N4O3S/c1-18-10-11-23-16(13-18)5-8-19(9-6-16)24(21,22)15-12-17-14-4-2-3-7-20(14)15/h2-4,7,12H,5-6,8-11,13H2,1H3. The van der Waals surface area contributed by atoms with Gasteiger partial charge in [-0.3, -0.25) is 4.40 Å². The first-order chi connectivity index (χ1) is 11.5. The lowest BCUT2D eigenvalue weighted by Crippen LogP contribution is -2.56. The topological polar surface area (TPSA) is 67.2 Å². The predicted molar refractivity (Wildman–Crippen MR) is 89.4 cm³/mol. The molecule has 2 aromatic heterocycles. The fourth-order valence-electron chi connectivity index (χ4n) is 3.70. The van der Waals surface area contributed by atoms with Crippen LogP contribution >= 0.6 is 0 Å². The Morgan fingerprint density at radius 3 is 2.75 bits per heavy atom. The van der Waals surface area contributed by atoms with Crippen molar-refractivity contribution in [3.63, 3.8) is 0 Å². The van der Waals surface area contributed by atoms with Crippen molar-refractivity contribution in [1.29, 1.82) is 0 Å². The zero-order valence-corrected chi connectivity index (χ0v) is 14.6. The molecule has 0 N–H and O–H groups in total. The fraction of sp³-hybridized carbons (Fsp3) is 0.562. The molecule has 0 bridgehead atoms. The molecule has 2 aliphatic heterocycles. The second kappa shape index (κ2) is 5.80. The van der Waals surface area contributed by atoms with Gasteiger partial charge in [-0.2, -0.15) is 4.31 Å². The van der Waals surface area contributed by atoms with E-state index in [4.69, 9.17) is 4.74 Å². The van der Waals surface area contributed by atoms with Crippen molar-refractivity contribution < 1.29 is 13.2 Å². The maximum atomic E-state index is 13.0. The van der Waals surface area contributed by atoms with E-state index in [9.17, 15) is 8.42 Å².